The fourth-order valence-corrected chi connectivity index (χ4v) is 3.11. The molecule has 26 heavy (non-hydrogen) atoms. The van der Waals surface area contributed by atoms with Crippen LogP contribution in [-0.2, 0) is 9.59 Å². The molecule has 1 aromatic heterocycles. The second kappa shape index (κ2) is 7.47. The number of anilines is 1. The van der Waals surface area contributed by atoms with Gasteiger partial charge in [0.1, 0.15) is 0 Å². The second-order valence-corrected chi connectivity index (χ2v) is 7.23. The van der Waals surface area contributed by atoms with E-state index < -0.39 is 6.10 Å². The minimum Gasteiger partial charge on any atom is -0.450 e. The summed E-state index contributed by atoms with van der Waals surface area (Å²) in [5.74, 6) is 0.326. The maximum absolute atomic E-state index is 12.4. The molecule has 0 bridgehead atoms. The van der Waals surface area contributed by atoms with Crippen molar-refractivity contribution in [1.82, 2.24) is 20.2 Å². The number of nitrogen functional groups attached to an aromatic ring is 1. The van der Waals surface area contributed by atoms with Gasteiger partial charge in [0.05, 0.1) is 17.1 Å². The zero-order chi connectivity index (χ0) is 18.8. The van der Waals surface area contributed by atoms with Crippen LogP contribution in [0.2, 0.25) is 0 Å². The molecule has 1 saturated heterocycles. The first-order valence-electron chi connectivity index (χ1n) is 9.21. The highest BCUT2D eigenvalue weighted by atomic mass is 16.5. The number of nitrogens with one attached hydrogen (secondary N) is 1. The van der Waals surface area contributed by atoms with E-state index in [2.05, 4.69) is 15.3 Å². The SMILES string of the molecule is Cc1nc(OC(C)C(=O)NC2CCN(C(=O)C3CC3)CC2)nc(C)c1N. The number of ether oxygens (including phenoxy) is 1. The maximum Gasteiger partial charge on any atom is 0.317 e. The van der Waals surface area contributed by atoms with Crippen LogP contribution >= 0.6 is 0 Å². The first kappa shape index (κ1) is 18.4. The zero-order valence-electron chi connectivity index (χ0n) is 15.6. The summed E-state index contributed by atoms with van der Waals surface area (Å²) in [7, 11) is 0. The molecule has 1 aromatic rings. The smallest absolute Gasteiger partial charge is 0.317 e. The van der Waals surface area contributed by atoms with E-state index >= 15 is 0 Å². The molecule has 2 amide bonds. The van der Waals surface area contributed by atoms with Gasteiger partial charge in [0.25, 0.3) is 5.91 Å². The van der Waals surface area contributed by atoms with Gasteiger partial charge in [-0.15, -0.1) is 0 Å². The average molecular weight is 361 g/mol. The third-order valence-corrected chi connectivity index (χ3v) is 5.04. The molecular formula is C18H27N5O3. The minimum absolute atomic E-state index is 0.0626. The van der Waals surface area contributed by atoms with E-state index in [0.29, 0.717) is 30.2 Å². The van der Waals surface area contributed by atoms with E-state index in [1.54, 1.807) is 20.8 Å². The summed E-state index contributed by atoms with van der Waals surface area (Å²) in [5, 5.41) is 3.00. The molecule has 8 nitrogen and oxygen atoms in total. The number of amides is 2. The molecule has 3 N–H and O–H groups in total. The number of carbonyl (C=O) groups is 2. The molecule has 0 radical (unpaired) electrons. The molecule has 2 fully saturated rings. The molecule has 2 heterocycles. The lowest BCUT2D eigenvalue weighted by Gasteiger charge is -2.33. The van der Waals surface area contributed by atoms with E-state index in [9.17, 15) is 9.59 Å². The van der Waals surface area contributed by atoms with Gasteiger partial charge in [-0.25, -0.2) is 0 Å². The summed E-state index contributed by atoms with van der Waals surface area (Å²) in [6.45, 7) is 6.63. The van der Waals surface area contributed by atoms with Gasteiger partial charge in [0.15, 0.2) is 6.10 Å². The largest absolute Gasteiger partial charge is 0.450 e. The molecule has 1 aliphatic carbocycles. The molecule has 0 spiro atoms. The predicted octanol–water partition coefficient (Wildman–Crippen LogP) is 0.960. The van der Waals surface area contributed by atoms with E-state index in [-0.39, 0.29) is 29.8 Å². The van der Waals surface area contributed by atoms with Gasteiger partial charge in [-0.2, -0.15) is 9.97 Å². The first-order chi connectivity index (χ1) is 12.3. The lowest BCUT2D eigenvalue weighted by Crippen LogP contribution is -2.49. The summed E-state index contributed by atoms with van der Waals surface area (Å²) in [5.41, 5.74) is 7.63. The van der Waals surface area contributed by atoms with Crippen molar-refractivity contribution in [2.45, 2.75) is 58.6 Å². The van der Waals surface area contributed by atoms with Gasteiger partial charge in [-0.3, -0.25) is 9.59 Å². The van der Waals surface area contributed by atoms with Gasteiger partial charge in [0, 0.05) is 25.0 Å². The standard InChI is InChI=1S/C18H27N5O3/c1-10-15(19)11(2)21-18(20-10)26-12(3)16(24)22-14-6-8-23(9-7-14)17(25)13-4-5-13/h12-14H,4-9,19H2,1-3H3,(H,22,24). The van der Waals surface area contributed by atoms with Crippen molar-refractivity contribution < 1.29 is 14.3 Å². The van der Waals surface area contributed by atoms with Crippen LogP contribution in [0.1, 0.15) is 44.0 Å². The maximum atomic E-state index is 12.4. The summed E-state index contributed by atoms with van der Waals surface area (Å²) >= 11 is 0. The summed E-state index contributed by atoms with van der Waals surface area (Å²) in [4.78, 5) is 34.7. The molecule has 2 aliphatic rings. The molecule has 142 valence electrons. The second-order valence-electron chi connectivity index (χ2n) is 7.23. The first-order valence-corrected chi connectivity index (χ1v) is 9.21. The monoisotopic (exact) mass is 361 g/mol. The molecule has 8 heteroatoms. The summed E-state index contributed by atoms with van der Waals surface area (Å²) in [6, 6.07) is 0.217. The third-order valence-electron chi connectivity index (χ3n) is 5.04. The topological polar surface area (TPSA) is 110 Å². The van der Waals surface area contributed by atoms with Crippen LogP contribution in [0.5, 0.6) is 6.01 Å². The highest BCUT2D eigenvalue weighted by molar-refractivity contribution is 5.82. The molecule has 1 atom stereocenters. The number of nitrogens with two attached hydrogens (primary N) is 1. The lowest BCUT2D eigenvalue weighted by molar-refractivity contribution is -0.134. The molecule has 1 saturated carbocycles. The van der Waals surface area contributed by atoms with Gasteiger partial charge >= 0.3 is 6.01 Å². The number of nitrogens with zero attached hydrogens (tertiary/aromatic N) is 3. The quantitative estimate of drug-likeness (QED) is 0.808. The highest BCUT2D eigenvalue weighted by Gasteiger charge is 2.35. The zero-order valence-corrected chi connectivity index (χ0v) is 15.6. The van der Waals surface area contributed by atoms with Gasteiger partial charge in [-0.1, -0.05) is 0 Å². The normalized spacial score (nSPS) is 19.1. The van der Waals surface area contributed by atoms with Gasteiger partial charge in [0.2, 0.25) is 5.91 Å². The number of aryl methyl sites for hydroxylation is 2. The van der Waals surface area contributed by atoms with Crippen LogP contribution < -0.4 is 15.8 Å². The van der Waals surface area contributed by atoms with E-state index in [0.717, 1.165) is 25.7 Å². The van der Waals surface area contributed by atoms with E-state index in [1.807, 2.05) is 4.90 Å². The number of carbonyl (C=O) groups excluding carboxylic acids is 2. The fraction of sp³-hybridized carbons (Fsp3) is 0.667. The van der Waals surface area contributed by atoms with Crippen LogP contribution in [0.25, 0.3) is 0 Å². The fourth-order valence-electron chi connectivity index (χ4n) is 3.11. The predicted molar refractivity (Wildman–Crippen MR) is 96.5 cm³/mol. The molecule has 1 unspecified atom stereocenters. The highest BCUT2D eigenvalue weighted by Crippen LogP contribution is 2.31. The van der Waals surface area contributed by atoms with Crippen molar-refractivity contribution in [2.75, 3.05) is 18.8 Å². The van der Waals surface area contributed by atoms with Crippen LogP contribution in [0.3, 0.4) is 0 Å². The number of hydrogen-bond donors (Lipinski definition) is 2. The number of rotatable bonds is 5. The number of piperidine rings is 1. The van der Waals surface area contributed by atoms with Gasteiger partial charge < -0.3 is 20.7 Å². The van der Waals surface area contributed by atoms with Gasteiger partial charge in [-0.05, 0) is 46.5 Å². The summed E-state index contributed by atoms with van der Waals surface area (Å²) in [6.07, 6.45) is 2.89. The summed E-state index contributed by atoms with van der Waals surface area (Å²) < 4.78 is 5.58. The Balaban J connectivity index is 1.48. The Morgan fingerprint density at radius 2 is 1.73 bits per heavy atom. The van der Waals surface area contributed by atoms with E-state index in [4.69, 9.17) is 10.5 Å². The van der Waals surface area contributed by atoms with Crippen LogP contribution in [0, 0.1) is 19.8 Å². The minimum atomic E-state index is -0.705. The Kier molecular flexibility index (Phi) is 5.29. The van der Waals surface area contributed by atoms with Crippen molar-refractivity contribution >= 4 is 17.5 Å². The Labute approximate surface area is 153 Å². The number of hydrogen-bond acceptors (Lipinski definition) is 6. The van der Waals surface area contributed by atoms with Crippen molar-refractivity contribution in [3.63, 3.8) is 0 Å². The van der Waals surface area contributed by atoms with Crippen molar-refractivity contribution in [1.29, 1.82) is 0 Å². The Hall–Kier alpha value is -2.38. The van der Waals surface area contributed by atoms with Crippen LogP contribution in [-0.4, -0.2) is 51.9 Å². The van der Waals surface area contributed by atoms with Crippen LogP contribution in [0.4, 0.5) is 5.69 Å². The van der Waals surface area contributed by atoms with Crippen molar-refractivity contribution in [3.8, 4) is 6.01 Å². The Morgan fingerprint density at radius 3 is 2.27 bits per heavy atom. The van der Waals surface area contributed by atoms with Crippen molar-refractivity contribution in [3.05, 3.63) is 11.4 Å². The molecule has 1 aliphatic heterocycles. The number of likely N-dealkylation sites (tertiary alicyclic amines) is 1. The Bertz CT molecular complexity index is 673. The Morgan fingerprint density at radius 1 is 1.15 bits per heavy atom. The third kappa shape index (κ3) is 4.23. The molecular weight excluding hydrogens is 334 g/mol. The number of aromatic nitrogens is 2. The van der Waals surface area contributed by atoms with Crippen LogP contribution in [0.15, 0.2) is 0 Å². The average Bonchev–Trinajstić information content (AvgIpc) is 3.44. The molecule has 0 aromatic carbocycles. The molecule has 3 rings (SSSR count). The van der Waals surface area contributed by atoms with Crippen molar-refractivity contribution in [2.24, 2.45) is 5.92 Å². The lowest BCUT2D eigenvalue weighted by atomic mass is 10.0. The van der Waals surface area contributed by atoms with E-state index in [1.165, 1.54) is 0 Å².